The monoisotopic (exact) mass is 198 g/mol. The van der Waals surface area contributed by atoms with E-state index in [0.717, 1.165) is 0 Å². The van der Waals surface area contributed by atoms with E-state index in [1.54, 1.807) is 20.8 Å². The number of hydrogen-bond acceptors (Lipinski definition) is 2. The third kappa shape index (κ3) is 2.04. The minimum Gasteiger partial charge on any atom is -0.496 e. The minimum atomic E-state index is -1.10. The molecule has 0 saturated heterocycles. The quantitative estimate of drug-likeness (QED) is 0.790. The molecule has 78 valence electrons. The van der Waals surface area contributed by atoms with Crippen LogP contribution in [0.4, 0.5) is 4.39 Å². The first-order chi connectivity index (χ1) is 6.36. The van der Waals surface area contributed by atoms with Gasteiger partial charge in [-0.3, -0.25) is 0 Å². The number of benzene rings is 1. The number of aryl methyl sites for hydroxylation is 1. The molecule has 0 aliphatic rings. The Morgan fingerprint density at radius 3 is 2.36 bits per heavy atom. The van der Waals surface area contributed by atoms with Crippen molar-refractivity contribution in [2.75, 3.05) is 7.11 Å². The van der Waals surface area contributed by atoms with Crippen molar-refractivity contribution in [1.82, 2.24) is 0 Å². The Morgan fingerprint density at radius 2 is 1.93 bits per heavy atom. The smallest absolute Gasteiger partial charge is 0.128 e. The Bertz CT molecular complexity index is 340. The molecule has 2 nitrogen and oxygen atoms in total. The number of rotatable bonds is 2. The van der Waals surface area contributed by atoms with Crippen LogP contribution in [-0.2, 0) is 5.60 Å². The summed E-state index contributed by atoms with van der Waals surface area (Å²) in [6.07, 6.45) is 0. The zero-order chi connectivity index (χ0) is 10.9. The van der Waals surface area contributed by atoms with E-state index >= 15 is 0 Å². The van der Waals surface area contributed by atoms with Crippen LogP contribution in [0.5, 0.6) is 5.75 Å². The molecule has 0 bridgehead atoms. The first-order valence-corrected chi connectivity index (χ1v) is 4.43. The highest BCUT2D eigenvalue weighted by molar-refractivity contribution is 5.44. The van der Waals surface area contributed by atoms with Crippen LogP contribution < -0.4 is 4.74 Å². The lowest BCUT2D eigenvalue weighted by Crippen LogP contribution is -2.17. The van der Waals surface area contributed by atoms with Gasteiger partial charge >= 0.3 is 0 Å². The van der Waals surface area contributed by atoms with Crippen molar-refractivity contribution in [2.24, 2.45) is 0 Å². The molecule has 3 heteroatoms. The van der Waals surface area contributed by atoms with Crippen molar-refractivity contribution in [3.63, 3.8) is 0 Å². The summed E-state index contributed by atoms with van der Waals surface area (Å²) < 4.78 is 18.2. The van der Waals surface area contributed by atoms with E-state index < -0.39 is 5.60 Å². The Labute approximate surface area is 83.3 Å². The van der Waals surface area contributed by atoms with Gasteiger partial charge in [-0.1, -0.05) is 0 Å². The van der Waals surface area contributed by atoms with Crippen LogP contribution in [0.1, 0.15) is 25.0 Å². The molecule has 0 amide bonds. The Morgan fingerprint density at radius 1 is 1.36 bits per heavy atom. The highest BCUT2D eigenvalue weighted by atomic mass is 19.1. The Hall–Kier alpha value is -1.09. The lowest BCUT2D eigenvalue weighted by molar-refractivity contribution is 0.0751. The van der Waals surface area contributed by atoms with Gasteiger partial charge in [0, 0.05) is 5.56 Å². The van der Waals surface area contributed by atoms with E-state index in [9.17, 15) is 9.50 Å². The molecule has 1 N–H and O–H groups in total. The number of ether oxygens (including phenoxy) is 1. The van der Waals surface area contributed by atoms with Gasteiger partial charge in [0.1, 0.15) is 11.6 Å². The second kappa shape index (κ2) is 3.58. The molecule has 0 heterocycles. The van der Waals surface area contributed by atoms with Crippen molar-refractivity contribution in [1.29, 1.82) is 0 Å². The third-order valence-electron chi connectivity index (χ3n) is 2.10. The van der Waals surface area contributed by atoms with Gasteiger partial charge in [-0.25, -0.2) is 4.39 Å². The first kappa shape index (κ1) is 11.0. The summed E-state index contributed by atoms with van der Waals surface area (Å²) >= 11 is 0. The van der Waals surface area contributed by atoms with Crippen molar-refractivity contribution >= 4 is 0 Å². The van der Waals surface area contributed by atoms with Gasteiger partial charge in [0.25, 0.3) is 0 Å². The van der Waals surface area contributed by atoms with Crippen LogP contribution >= 0.6 is 0 Å². The highest BCUT2D eigenvalue weighted by Crippen LogP contribution is 2.32. The van der Waals surface area contributed by atoms with Gasteiger partial charge in [0.15, 0.2) is 0 Å². The molecule has 0 aromatic heterocycles. The molecule has 0 unspecified atom stereocenters. The summed E-state index contributed by atoms with van der Waals surface area (Å²) in [5, 5.41) is 9.80. The lowest BCUT2D eigenvalue weighted by Gasteiger charge is -2.22. The van der Waals surface area contributed by atoms with Crippen molar-refractivity contribution in [3.05, 3.63) is 29.1 Å². The SMILES string of the molecule is COc1c(C)cc(F)cc1C(C)(C)O. The third-order valence-corrected chi connectivity index (χ3v) is 2.10. The Balaban J connectivity index is 3.40. The molecule has 0 fully saturated rings. The van der Waals surface area contributed by atoms with Gasteiger partial charge in [-0.15, -0.1) is 0 Å². The summed E-state index contributed by atoms with van der Waals surface area (Å²) in [5.74, 6) is 0.180. The molecular weight excluding hydrogens is 183 g/mol. The fourth-order valence-electron chi connectivity index (χ4n) is 1.46. The molecule has 1 aromatic carbocycles. The fourth-order valence-corrected chi connectivity index (χ4v) is 1.46. The van der Waals surface area contributed by atoms with Gasteiger partial charge in [0.05, 0.1) is 12.7 Å². The normalized spacial score (nSPS) is 11.6. The summed E-state index contributed by atoms with van der Waals surface area (Å²) in [4.78, 5) is 0. The number of aliphatic hydroxyl groups is 1. The zero-order valence-electron chi connectivity index (χ0n) is 8.89. The van der Waals surface area contributed by atoms with Crippen molar-refractivity contribution in [2.45, 2.75) is 26.4 Å². The van der Waals surface area contributed by atoms with Gasteiger partial charge in [0.2, 0.25) is 0 Å². The molecule has 1 rings (SSSR count). The van der Waals surface area contributed by atoms with Gasteiger partial charge in [-0.2, -0.15) is 0 Å². The summed E-state index contributed by atoms with van der Waals surface area (Å²) in [6.45, 7) is 4.95. The summed E-state index contributed by atoms with van der Waals surface area (Å²) in [6, 6.07) is 2.68. The molecule has 14 heavy (non-hydrogen) atoms. The minimum absolute atomic E-state index is 0.361. The maximum absolute atomic E-state index is 13.1. The molecule has 1 aromatic rings. The topological polar surface area (TPSA) is 29.5 Å². The average molecular weight is 198 g/mol. The maximum atomic E-state index is 13.1. The predicted molar refractivity (Wildman–Crippen MR) is 52.9 cm³/mol. The fraction of sp³-hybridized carbons (Fsp3) is 0.455. The van der Waals surface area contributed by atoms with Crippen molar-refractivity contribution < 1.29 is 14.2 Å². The van der Waals surface area contributed by atoms with E-state index in [-0.39, 0.29) is 5.82 Å². The first-order valence-electron chi connectivity index (χ1n) is 4.43. The molecule has 0 aliphatic heterocycles. The zero-order valence-corrected chi connectivity index (χ0v) is 8.89. The van der Waals surface area contributed by atoms with Crippen LogP contribution in [0.3, 0.4) is 0 Å². The lowest BCUT2D eigenvalue weighted by atomic mass is 9.95. The number of halogens is 1. The standard InChI is InChI=1S/C11H15FO2/c1-7-5-8(12)6-9(10(7)14-4)11(2,3)13/h5-6,13H,1-4H3. The second-order valence-corrected chi connectivity index (χ2v) is 3.86. The average Bonchev–Trinajstić information content (AvgIpc) is 2.01. The maximum Gasteiger partial charge on any atom is 0.128 e. The Kier molecular flexibility index (Phi) is 2.81. The van der Waals surface area contributed by atoms with Gasteiger partial charge < -0.3 is 9.84 Å². The summed E-state index contributed by atoms with van der Waals surface area (Å²) in [7, 11) is 1.51. The molecular formula is C11H15FO2. The van der Waals surface area contributed by atoms with E-state index in [1.165, 1.54) is 19.2 Å². The molecule has 0 spiro atoms. The van der Waals surface area contributed by atoms with Crippen LogP contribution in [0.15, 0.2) is 12.1 Å². The van der Waals surface area contributed by atoms with Crippen LogP contribution in [0, 0.1) is 12.7 Å². The highest BCUT2D eigenvalue weighted by Gasteiger charge is 2.23. The number of methoxy groups -OCH3 is 1. The predicted octanol–water partition coefficient (Wildman–Crippen LogP) is 2.37. The molecule has 0 radical (unpaired) electrons. The summed E-state index contributed by atoms with van der Waals surface area (Å²) in [5.41, 5.74) is 0.0557. The van der Waals surface area contributed by atoms with E-state index in [1.807, 2.05) is 0 Å². The second-order valence-electron chi connectivity index (χ2n) is 3.86. The van der Waals surface area contributed by atoms with Crippen molar-refractivity contribution in [3.8, 4) is 5.75 Å². The van der Waals surface area contributed by atoms with E-state index in [0.29, 0.717) is 16.9 Å². The van der Waals surface area contributed by atoms with Crippen LogP contribution in [0.2, 0.25) is 0 Å². The van der Waals surface area contributed by atoms with E-state index in [4.69, 9.17) is 4.74 Å². The van der Waals surface area contributed by atoms with Gasteiger partial charge in [-0.05, 0) is 38.5 Å². The molecule has 0 saturated carbocycles. The largest absolute Gasteiger partial charge is 0.496 e. The number of hydrogen-bond donors (Lipinski definition) is 1. The van der Waals surface area contributed by atoms with Crippen LogP contribution in [-0.4, -0.2) is 12.2 Å². The van der Waals surface area contributed by atoms with Crippen LogP contribution in [0.25, 0.3) is 0 Å². The van der Waals surface area contributed by atoms with E-state index in [2.05, 4.69) is 0 Å². The molecule has 0 aliphatic carbocycles. The molecule has 0 atom stereocenters.